The summed E-state index contributed by atoms with van der Waals surface area (Å²) in [6, 6.07) is 0.569. The molecule has 2 fully saturated rings. The molecule has 2 heterocycles. The van der Waals surface area contributed by atoms with E-state index in [9.17, 15) is 4.79 Å². The normalized spacial score (nSPS) is 22.3. The third-order valence-corrected chi connectivity index (χ3v) is 5.12. The first-order valence-corrected chi connectivity index (χ1v) is 8.90. The third kappa shape index (κ3) is 4.53. The summed E-state index contributed by atoms with van der Waals surface area (Å²) in [7, 11) is 4.04. The Morgan fingerprint density at radius 3 is 2.91 bits per heavy atom. The average molecular weight is 320 g/mol. The molecular formula is C17H28N4O2. The number of likely N-dealkylation sites (tertiary alicyclic amines) is 1. The lowest BCUT2D eigenvalue weighted by Crippen LogP contribution is -2.37. The zero-order valence-electron chi connectivity index (χ0n) is 14.3. The first-order chi connectivity index (χ1) is 11.1. The number of nitrogens with zero attached hydrogens (tertiary/aromatic N) is 4. The molecule has 1 aliphatic carbocycles. The van der Waals surface area contributed by atoms with Gasteiger partial charge in [-0.1, -0.05) is 11.6 Å². The fourth-order valence-electron chi connectivity index (χ4n) is 3.25. The van der Waals surface area contributed by atoms with Gasteiger partial charge in [-0.15, -0.1) is 0 Å². The summed E-state index contributed by atoms with van der Waals surface area (Å²) < 4.78 is 5.25. The first kappa shape index (κ1) is 16.4. The summed E-state index contributed by atoms with van der Waals surface area (Å²) in [6.07, 6.45) is 8.39. The van der Waals surface area contributed by atoms with E-state index in [0.717, 1.165) is 37.5 Å². The van der Waals surface area contributed by atoms with Gasteiger partial charge in [0.25, 0.3) is 0 Å². The van der Waals surface area contributed by atoms with E-state index < -0.39 is 0 Å². The molecule has 0 bridgehead atoms. The van der Waals surface area contributed by atoms with Gasteiger partial charge in [0.15, 0.2) is 5.82 Å². The van der Waals surface area contributed by atoms with Gasteiger partial charge in [0.05, 0.1) is 0 Å². The molecule has 1 aromatic heterocycles. The molecule has 3 rings (SSSR count). The molecule has 23 heavy (non-hydrogen) atoms. The maximum absolute atomic E-state index is 12.3. The van der Waals surface area contributed by atoms with Crippen LogP contribution >= 0.6 is 0 Å². The first-order valence-electron chi connectivity index (χ1n) is 8.90. The summed E-state index contributed by atoms with van der Waals surface area (Å²) in [5.41, 5.74) is 0. The zero-order chi connectivity index (χ0) is 16.2. The van der Waals surface area contributed by atoms with Crippen molar-refractivity contribution < 1.29 is 9.32 Å². The van der Waals surface area contributed by atoms with E-state index in [1.165, 1.54) is 19.3 Å². The van der Waals surface area contributed by atoms with E-state index in [1.54, 1.807) is 4.90 Å². The van der Waals surface area contributed by atoms with Crippen LogP contribution in [-0.4, -0.2) is 59.1 Å². The summed E-state index contributed by atoms with van der Waals surface area (Å²) in [6.45, 7) is 1.82. The molecule has 1 saturated heterocycles. The zero-order valence-corrected chi connectivity index (χ0v) is 14.3. The van der Waals surface area contributed by atoms with Gasteiger partial charge >= 0.3 is 0 Å². The highest BCUT2D eigenvalue weighted by atomic mass is 16.5. The molecule has 128 valence electrons. The van der Waals surface area contributed by atoms with Gasteiger partial charge in [0, 0.05) is 38.4 Å². The molecule has 1 amide bonds. The molecule has 1 atom stereocenters. The summed E-state index contributed by atoms with van der Waals surface area (Å²) in [5.74, 6) is 2.20. The van der Waals surface area contributed by atoms with Crippen LogP contribution in [-0.2, 0) is 11.2 Å². The monoisotopic (exact) mass is 320 g/mol. The molecular weight excluding hydrogens is 292 g/mol. The van der Waals surface area contributed by atoms with Crippen molar-refractivity contribution in [1.29, 1.82) is 0 Å². The Hall–Kier alpha value is -1.43. The van der Waals surface area contributed by atoms with Gasteiger partial charge in [-0.25, -0.2) is 0 Å². The fourth-order valence-corrected chi connectivity index (χ4v) is 3.25. The number of piperidine rings is 1. The highest BCUT2D eigenvalue weighted by molar-refractivity contribution is 5.75. The van der Waals surface area contributed by atoms with E-state index in [2.05, 4.69) is 22.1 Å². The largest absolute Gasteiger partial charge is 0.345 e. The van der Waals surface area contributed by atoms with Gasteiger partial charge < -0.3 is 14.3 Å². The number of carbonyl (C=O) groups is 1. The van der Waals surface area contributed by atoms with Crippen molar-refractivity contribution in [2.75, 3.05) is 27.2 Å². The SMILES string of the molecule is CN(CCc1noc(C2CC2)n1)C(=O)CC[C@@H]1CCCCN1C. The minimum absolute atomic E-state index is 0.217. The number of amides is 1. The lowest BCUT2D eigenvalue weighted by atomic mass is 9.98. The van der Waals surface area contributed by atoms with E-state index >= 15 is 0 Å². The molecule has 0 spiro atoms. The Kier molecular flexibility index (Phi) is 5.30. The van der Waals surface area contributed by atoms with Crippen molar-refractivity contribution in [3.63, 3.8) is 0 Å². The van der Waals surface area contributed by atoms with Crippen molar-refractivity contribution in [2.24, 2.45) is 0 Å². The number of rotatable bonds is 7. The number of carbonyl (C=O) groups excluding carboxylic acids is 1. The molecule has 1 saturated carbocycles. The average Bonchev–Trinajstić information content (AvgIpc) is 3.30. The van der Waals surface area contributed by atoms with E-state index in [-0.39, 0.29) is 5.91 Å². The lowest BCUT2D eigenvalue weighted by molar-refractivity contribution is -0.130. The highest BCUT2D eigenvalue weighted by Gasteiger charge is 2.29. The topological polar surface area (TPSA) is 62.5 Å². The summed E-state index contributed by atoms with van der Waals surface area (Å²) >= 11 is 0. The number of aromatic nitrogens is 2. The Morgan fingerprint density at radius 1 is 1.35 bits per heavy atom. The van der Waals surface area contributed by atoms with Crippen LogP contribution in [0.3, 0.4) is 0 Å². The highest BCUT2D eigenvalue weighted by Crippen LogP contribution is 2.38. The van der Waals surface area contributed by atoms with Crippen LogP contribution in [0.1, 0.15) is 62.6 Å². The van der Waals surface area contributed by atoms with E-state index in [4.69, 9.17) is 4.52 Å². The molecule has 0 aromatic carbocycles. The van der Waals surface area contributed by atoms with Crippen molar-refractivity contribution >= 4 is 5.91 Å². The Bertz CT molecular complexity index is 526. The Morgan fingerprint density at radius 2 is 2.17 bits per heavy atom. The van der Waals surface area contributed by atoms with Gasteiger partial charge in [-0.05, 0) is 45.7 Å². The number of hydrogen-bond donors (Lipinski definition) is 0. The van der Waals surface area contributed by atoms with Crippen LogP contribution in [0.4, 0.5) is 0 Å². The summed E-state index contributed by atoms with van der Waals surface area (Å²) in [4.78, 5) is 20.9. The molecule has 1 aliphatic heterocycles. The Labute approximate surface area is 138 Å². The van der Waals surface area contributed by atoms with E-state index in [0.29, 0.717) is 31.3 Å². The predicted octanol–water partition coefficient (Wildman–Crippen LogP) is 2.21. The quantitative estimate of drug-likeness (QED) is 0.771. The van der Waals surface area contributed by atoms with Crippen molar-refractivity contribution in [2.45, 2.75) is 63.3 Å². The second-order valence-electron chi connectivity index (χ2n) is 7.06. The summed E-state index contributed by atoms with van der Waals surface area (Å²) in [5, 5.41) is 4.01. The van der Waals surface area contributed by atoms with Crippen molar-refractivity contribution in [3.05, 3.63) is 11.7 Å². The smallest absolute Gasteiger partial charge is 0.229 e. The van der Waals surface area contributed by atoms with Crippen molar-refractivity contribution in [3.8, 4) is 0 Å². The van der Waals surface area contributed by atoms with Gasteiger partial charge in [0.2, 0.25) is 11.8 Å². The van der Waals surface area contributed by atoms with Crippen LogP contribution in [0.2, 0.25) is 0 Å². The van der Waals surface area contributed by atoms with Crippen LogP contribution in [0.15, 0.2) is 4.52 Å². The predicted molar refractivity (Wildman–Crippen MR) is 87.1 cm³/mol. The number of hydrogen-bond acceptors (Lipinski definition) is 5. The van der Waals surface area contributed by atoms with Crippen LogP contribution < -0.4 is 0 Å². The van der Waals surface area contributed by atoms with Gasteiger partial charge in [0.1, 0.15) is 0 Å². The second kappa shape index (κ2) is 7.43. The second-order valence-corrected chi connectivity index (χ2v) is 7.06. The molecule has 6 nitrogen and oxygen atoms in total. The lowest BCUT2D eigenvalue weighted by Gasteiger charge is -2.32. The minimum atomic E-state index is 0.217. The van der Waals surface area contributed by atoms with Crippen LogP contribution in [0.5, 0.6) is 0 Å². The van der Waals surface area contributed by atoms with Crippen molar-refractivity contribution in [1.82, 2.24) is 19.9 Å². The standard InChI is InChI=1S/C17H28N4O2/c1-20-11-4-3-5-14(20)8-9-16(22)21(2)12-10-15-18-17(23-19-15)13-6-7-13/h13-14H,3-12H2,1-2H3/t14-/m0/s1. The Balaban J connectivity index is 1.38. The maximum atomic E-state index is 12.3. The molecule has 1 aromatic rings. The molecule has 0 radical (unpaired) electrons. The van der Waals surface area contributed by atoms with E-state index in [1.807, 2.05) is 7.05 Å². The molecule has 0 unspecified atom stereocenters. The molecule has 6 heteroatoms. The van der Waals surface area contributed by atoms with Gasteiger partial charge in [-0.3, -0.25) is 4.79 Å². The third-order valence-electron chi connectivity index (χ3n) is 5.12. The molecule has 2 aliphatic rings. The number of likely N-dealkylation sites (N-methyl/N-ethyl adjacent to an activating group) is 1. The minimum Gasteiger partial charge on any atom is -0.345 e. The maximum Gasteiger partial charge on any atom is 0.229 e. The fraction of sp³-hybridized carbons (Fsp3) is 0.824. The van der Waals surface area contributed by atoms with Crippen LogP contribution in [0.25, 0.3) is 0 Å². The van der Waals surface area contributed by atoms with Gasteiger partial charge in [-0.2, -0.15) is 4.98 Å². The molecule has 0 N–H and O–H groups in total. The van der Waals surface area contributed by atoms with Crippen LogP contribution in [0, 0.1) is 0 Å².